The Bertz CT molecular complexity index is 551. The summed E-state index contributed by atoms with van der Waals surface area (Å²) in [7, 11) is -1.86. The summed E-state index contributed by atoms with van der Waals surface area (Å²) in [5, 5.41) is 13.4. The molecule has 0 aliphatic heterocycles. The number of aliphatic hydroxyl groups excluding tert-OH is 1. The zero-order valence-corrected chi connectivity index (χ0v) is 13.7. The van der Waals surface area contributed by atoms with Crippen molar-refractivity contribution in [2.45, 2.75) is 51.5 Å². The SMILES string of the molecule is CCc1nn(C)c(CC)c1S(=O)(=O)NC(C)C(C)CO. The summed E-state index contributed by atoms with van der Waals surface area (Å²) < 4.78 is 29.5. The normalized spacial score (nSPS) is 15.3. The van der Waals surface area contributed by atoms with E-state index in [9.17, 15) is 8.42 Å². The van der Waals surface area contributed by atoms with Crippen molar-refractivity contribution in [2.24, 2.45) is 13.0 Å². The Balaban J connectivity index is 3.21. The van der Waals surface area contributed by atoms with E-state index in [4.69, 9.17) is 5.11 Å². The zero-order valence-electron chi connectivity index (χ0n) is 12.8. The van der Waals surface area contributed by atoms with Crippen LogP contribution in [0.2, 0.25) is 0 Å². The van der Waals surface area contributed by atoms with Crippen molar-refractivity contribution in [1.82, 2.24) is 14.5 Å². The molecule has 1 aromatic heterocycles. The highest BCUT2D eigenvalue weighted by atomic mass is 32.2. The van der Waals surface area contributed by atoms with Gasteiger partial charge in [-0.25, -0.2) is 13.1 Å². The number of aliphatic hydroxyl groups is 1. The van der Waals surface area contributed by atoms with Crippen LogP contribution in [0, 0.1) is 5.92 Å². The van der Waals surface area contributed by atoms with Gasteiger partial charge in [-0.1, -0.05) is 20.8 Å². The van der Waals surface area contributed by atoms with E-state index in [1.165, 1.54) is 0 Å². The Hall–Kier alpha value is -0.920. The molecule has 1 aromatic rings. The number of nitrogens with one attached hydrogen (secondary N) is 1. The monoisotopic (exact) mass is 303 g/mol. The molecule has 0 aromatic carbocycles. The number of hydrogen-bond acceptors (Lipinski definition) is 4. The molecule has 0 aliphatic rings. The average molecular weight is 303 g/mol. The molecule has 2 unspecified atom stereocenters. The molecule has 2 N–H and O–H groups in total. The van der Waals surface area contributed by atoms with E-state index in [1.54, 1.807) is 25.6 Å². The van der Waals surface area contributed by atoms with Gasteiger partial charge in [-0.3, -0.25) is 4.68 Å². The second kappa shape index (κ2) is 6.69. The van der Waals surface area contributed by atoms with E-state index in [2.05, 4.69) is 9.82 Å². The average Bonchev–Trinajstić information content (AvgIpc) is 2.73. The fraction of sp³-hybridized carbons (Fsp3) is 0.769. The fourth-order valence-electron chi connectivity index (χ4n) is 2.11. The van der Waals surface area contributed by atoms with Gasteiger partial charge in [-0.05, 0) is 25.7 Å². The maximum Gasteiger partial charge on any atom is 0.244 e. The summed E-state index contributed by atoms with van der Waals surface area (Å²) in [5.41, 5.74) is 1.29. The van der Waals surface area contributed by atoms with Crippen molar-refractivity contribution in [1.29, 1.82) is 0 Å². The van der Waals surface area contributed by atoms with Crippen molar-refractivity contribution in [2.75, 3.05) is 6.61 Å². The lowest BCUT2D eigenvalue weighted by Gasteiger charge is -2.19. The standard InChI is InChI=1S/C13H25N3O3S/c1-6-11-13(12(7-2)16(5)14-11)20(18,19)15-10(4)9(3)8-17/h9-10,15,17H,6-8H2,1-5H3. The van der Waals surface area contributed by atoms with Crippen molar-refractivity contribution in [3.63, 3.8) is 0 Å². The third-order valence-electron chi connectivity index (χ3n) is 3.61. The first-order valence-electron chi connectivity index (χ1n) is 6.96. The van der Waals surface area contributed by atoms with Crippen molar-refractivity contribution in [3.8, 4) is 0 Å². The van der Waals surface area contributed by atoms with Crippen LogP contribution in [0.1, 0.15) is 39.1 Å². The zero-order chi connectivity index (χ0) is 15.5. The number of aryl methyl sites for hydroxylation is 2. The van der Waals surface area contributed by atoms with Crippen LogP contribution in [-0.2, 0) is 29.9 Å². The molecule has 20 heavy (non-hydrogen) atoms. The van der Waals surface area contributed by atoms with Gasteiger partial charge in [0.05, 0.1) is 11.4 Å². The second-order valence-electron chi connectivity index (χ2n) is 5.12. The Morgan fingerprint density at radius 3 is 2.35 bits per heavy atom. The maximum atomic E-state index is 12.6. The van der Waals surface area contributed by atoms with Gasteiger partial charge in [0.1, 0.15) is 4.90 Å². The summed E-state index contributed by atoms with van der Waals surface area (Å²) in [6.45, 7) is 7.30. The maximum absolute atomic E-state index is 12.6. The molecule has 0 saturated heterocycles. The Morgan fingerprint density at radius 2 is 1.90 bits per heavy atom. The molecule has 0 fully saturated rings. The highest BCUT2D eigenvalue weighted by molar-refractivity contribution is 7.89. The molecule has 116 valence electrons. The smallest absolute Gasteiger partial charge is 0.244 e. The first-order chi connectivity index (χ1) is 9.28. The number of sulfonamides is 1. The number of hydrogen-bond donors (Lipinski definition) is 2. The predicted molar refractivity (Wildman–Crippen MR) is 78.0 cm³/mol. The lowest BCUT2D eigenvalue weighted by Crippen LogP contribution is -2.38. The van der Waals surface area contributed by atoms with Crippen LogP contribution in [0.5, 0.6) is 0 Å². The molecule has 0 saturated carbocycles. The molecular weight excluding hydrogens is 278 g/mol. The first-order valence-corrected chi connectivity index (χ1v) is 8.44. The summed E-state index contributed by atoms with van der Waals surface area (Å²) in [6, 6.07) is -0.334. The molecule has 0 bridgehead atoms. The first kappa shape index (κ1) is 17.1. The molecular formula is C13H25N3O3S. The molecule has 2 atom stereocenters. The Kier molecular flexibility index (Phi) is 5.73. The second-order valence-corrected chi connectivity index (χ2v) is 6.77. The third-order valence-corrected chi connectivity index (χ3v) is 5.30. The molecule has 6 nitrogen and oxygen atoms in total. The topological polar surface area (TPSA) is 84.2 Å². The molecule has 0 amide bonds. The molecule has 7 heteroatoms. The molecule has 0 spiro atoms. The minimum atomic E-state index is -3.62. The molecule has 0 radical (unpaired) electrons. The van der Waals surface area contributed by atoms with Crippen LogP contribution >= 0.6 is 0 Å². The minimum Gasteiger partial charge on any atom is -0.396 e. The highest BCUT2D eigenvalue weighted by Gasteiger charge is 2.28. The van der Waals surface area contributed by atoms with Crippen LogP contribution in [0.25, 0.3) is 0 Å². The summed E-state index contributed by atoms with van der Waals surface area (Å²) in [5.74, 6) is -0.142. The van der Waals surface area contributed by atoms with Crippen LogP contribution < -0.4 is 4.72 Å². The summed E-state index contributed by atoms with van der Waals surface area (Å²) >= 11 is 0. The summed E-state index contributed by atoms with van der Waals surface area (Å²) in [6.07, 6.45) is 1.16. The molecule has 0 aliphatic carbocycles. The quantitative estimate of drug-likeness (QED) is 0.782. The minimum absolute atomic E-state index is 0.0575. The van der Waals surface area contributed by atoms with Crippen LogP contribution in [0.15, 0.2) is 4.90 Å². The number of aromatic nitrogens is 2. The van der Waals surface area contributed by atoms with Gasteiger partial charge in [0.15, 0.2) is 0 Å². The van der Waals surface area contributed by atoms with Crippen molar-refractivity contribution in [3.05, 3.63) is 11.4 Å². The van der Waals surface area contributed by atoms with Gasteiger partial charge in [-0.15, -0.1) is 0 Å². The van der Waals surface area contributed by atoms with E-state index < -0.39 is 10.0 Å². The van der Waals surface area contributed by atoms with Crippen molar-refractivity contribution >= 4 is 10.0 Å². The third kappa shape index (κ3) is 3.39. The van der Waals surface area contributed by atoms with Gasteiger partial charge >= 0.3 is 0 Å². The van der Waals surface area contributed by atoms with Gasteiger partial charge in [-0.2, -0.15) is 5.10 Å². The van der Waals surface area contributed by atoms with Gasteiger partial charge in [0, 0.05) is 19.7 Å². The van der Waals surface area contributed by atoms with Crippen LogP contribution in [0.3, 0.4) is 0 Å². The number of rotatable bonds is 7. The van der Waals surface area contributed by atoms with Crippen LogP contribution in [-0.4, -0.2) is 36.0 Å². The Morgan fingerprint density at radius 1 is 1.30 bits per heavy atom. The van der Waals surface area contributed by atoms with E-state index in [0.29, 0.717) is 29.1 Å². The van der Waals surface area contributed by atoms with Crippen LogP contribution in [0.4, 0.5) is 0 Å². The van der Waals surface area contributed by atoms with Gasteiger partial charge in [0.25, 0.3) is 0 Å². The molecule has 1 heterocycles. The largest absolute Gasteiger partial charge is 0.396 e. The lowest BCUT2D eigenvalue weighted by molar-refractivity contribution is 0.216. The van der Waals surface area contributed by atoms with E-state index in [0.717, 1.165) is 0 Å². The lowest BCUT2D eigenvalue weighted by atomic mass is 10.1. The predicted octanol–water partition coefficient (Wildman–Crippen LogP) is 0.840. The summed E-state index contributed by atoms with van der Waals surface area (Å²) in [4.78, 5) is 0.294. The van der Waals surface area contributed by atoms with Gasteiger partial charge in [0.2, 0.25) is 10.0 Å². The molecule has 1 rings (SSSR count). The van der Waals surface area contributed by atoms with E-state index >= 15 is 0 Å². The highest BCUT2D eigenvalue weighted by Crippen LogP contribution is 2.22. The van der Waals surface area contributed by atoms with E-state index in [-0.39, 0.29) is 18.6 Å². The Labute approximate surface area is 121 Å². The van der Waals surface area contributed by atoms with Crippen molar-refractivity contribution < 1.29 is 13.5 Å². The van der Waals surface area contributed by atoms with Gasteiger partial charge < -0.3 is 5.11 Å². The number of nitrogens with zero attached hydrogens (tertiary/aromatic N) is 2. The van der Waals surface area contributed by atoms with E-state index in [1.807, 2.05) is 13.8 Å². The fourth-order valence-corrected chi connectivity index (χ4v) is 4.03.